The highest BCUT2D eigenvalue weighted by Crippen LogP contribution is 2.38. The molecule has 2 rings (SSSR count). The molecule has 0 unspecified atom stereocenters. The third-order valence-corrected chi connectivity index (χ3v) is 3.46. The van der Waals surface area contributed by atoms with Crippen LogP contribution in [0, 0.1) is 5.82 Å². The van der Waals surface area contributed by atoms with Crippen LogP contribution in [0.1, 0.15) is 10.4 Å². The van der Waals surface area contributed by atoms with Gasteiger partial charge < -0.3 is 24.8 Å². The molecule has 0 bridgehead atoms. The lowest BCUT2D eigenvalue weighted by atomic mass is 10.1. The highest BCUT2D eigenvalue weighted by molar-refractivity contribution is 6.00. The van der Waals surface area contributed by atoms with Gasteiger partial charge in [0.05, 0.1) is 27.9 Å². The van der Waals surface area contributed by atoms with Crippen LogP contribution in [0.15, 0.2) is 36.4 Å². The van der Waals surface area contributed by atoms with Crippen LogP contribution >= 0.6 is 0 Å². The summed E-state index contributed by atoms with van der Waals surface area (Å²) >= 11 is 0. The predicted octanol–water partition coefficient (Wildman–Crippen LogP) is 2.22. The van der Waals surface area contributed by atoms with Gasteiger partial charge in [-0.2, -0.15) is 0 Å². The molecule has 0 aromatic heterocycles. The third-order valence-electron chi connectivity index (χ3n) is 3.46. The van der Waals surface area contributed by atoms with Crippen LogP contribution in [-0.2, 0) is 4.79 Å². The molecule has 0 aliphatic heterocycles. The van der Waals surface area contributed by atoms with Crippen molar-refractivity contribution in [2.75, 3.05) is 33.2 Å². The normalized spacial score (nSPS) is 10.0. The highest BCUT2D eigenvalue weighted by atomic mass is 19.1. The van der Waals surface area contributed by atoms with E-state index in [4.69, 9.17) is 14.2 Å². The fourth-order valence-corrected chi connectivity index (χ4v) is 2.21. The van der Waals surface area contributed by atoms with Crippen LogP contribution in [0.2, 0.25) is 0 Å². The Morgan fingerprint density at radius 2 is 1.54 bits per heavy atom. The number of nitrogens with one attached hydrogen (secondary N) is 2. The number of anilines is 1. The van der Waals surface area contributed by atoms with E-state index in [2.05, 4.69) is 10.6 Å². The zero-order valence-electron chi connectivity index (χ0n) is 14.6. The van der Waals surface area contributed by atoms with E-state index in [9.17, 15) is 14.0 Å². The Hall–Kier alpha value is -3.29. The molecule has 2 N–H and O–H groups in total. The first-order valence-electron chi connectivity index (χ1n) is 7.62. The van der Waals surface area contributed by atoms with E-state index in [1.807, 2.05) is 0 Å². The minimum atomic E-state index is -0.487. The molecular weight excluding hydrogens is 343 g/mol. The zero-order chi connectivity index (χ0) is 19.1. The van der Waals surface area contributed by atoms with Gasteiger partial charge >= 0.3 is 0 Å². The lowest BCUT2D eigenvalue weighted by Crippen LogP contribution is -2.32. The van der Waals surface area contributed by atoms with Crippen molar-refractivity contribution in [1.82, 2.24) is 5.32 Å². The molecule has 0 radical (unpaired) electrons. The van der Waals surface area contributed by atoms with E-state index in [0.717, 1.165) is 0 Å². The van der Waals surface area contributed by atoms with Gasteiger partial charge in [-0.05, 0) is 36.4 Å². The highest BCUT2D eigenvalue weighted by Gasteiger charge is 2.17. The minimum Gasteiger partial charge on any atom is -0.493 e. The molecule has 0 aliphatic carbocycles. The van der Waals surface area contributed by atoms with Crippen molar-refractivity contribution < 1.29 is 28.2 Å². The SMILES string of the molecule is COc1cc(C(=O)NCC(=O)Nc2ccc(F)cc2)cc(OC)c1OC. The predicted molar refractivity (Wildman–Crippen MR) is 93.5 cm³/mol. The molecule has 0 spiro atoms. The molecule has 0 aliphatic rings. The van der Waals surface area contributed by atoms with Gasteiger partial charge in [0, 0.05) is 11.3 Å². The van der Waals surface area contributed by atoms with Crippen molar-refractivity contribution in [2.45, 2.75) is 0 Å². The largest absolute Gasteiger partial charge is 0.493 e. The average molecular weight is 362 g/mol. The molecule has 2 amide bonds. The number of rotatable bonds is 7. The number of methoxy groups -OCH3 is 3. The fraction of sp³-hybridized carbons (Fsp3) is 0.222. The summed E-state index contributed by atoms with van der Waals surface area (Å²) in [6.45, 7) is -0.257. The van der Waals surface area contributed by atoms with Crippen LogP contribution < -0.4 is 24.8 Å². The fourth-order valence-electron chi connectivity index (χ4n) is 2.21. The molecular formula is C18H19FN2O5. The van der Waals surface area contributed by atoms with Crippen LogP contribution in [0.25, 0.3) is 0 Å². The second-order valence-corrected chi connectivity index (χ2v) is 5.15. The Bertz CT molecular complexity index is 768. The maximum absolute atomic E-state index is 12.8. The molecule has 0 heterocycles. The molecule has 7 nitrogen and oxygen atoms in total. The van der Waals surface area contributed by atoms with Gasteiger partial charge in [0.15, 0.2) is 11.5 Å². The van der Waals surface area contributed by atoms with Crippen molar-refractivity contribution in [3.05, 3.63) is 47.8 Å². The molecule has 26 heavy (non-hydrogen) atoms. The average Bonchev–Trinajstić information content (AvgIpc) is 2.66. The van der Waals surface area contributed by atoms with Crippen LogP contribution in [0.5, 0.6) is 17.2 Å². The first-order chi connectivity index (χ1) is 12.5. The number of carbonyl (C=O) groups excluding carboxylic acids is 2. The molecule has 2 aromatic carbocycles. The monoisotopic (exact) mass is 362 g/mol. The van der Waals surface area contributed by atoms with E-state index in [-0.39, 0.29) is 12.1 Å². The van der Waals surface area contributed by atoms with Gasteiger partial charge in [0.1, 0.15) is 5.82 Å². The number of ether oxygens (including phenoxy) is 3. The molecule has 0 saturated carbocycles. The number of amides is 2. The second-order valence-electron chi connectivity index (χ2n) is 5.15. The summed E-state index contributed by atoms with van der Waals surface area (Å²) in [5, 5.41) is 5.04. The molecule has 0 fully saturated rings. The van der Waals surface area contributed by atoms with Crippen molar-refractivity contribution in [1.29, 1.82) is 0 Å². The Kier molecular flexibility index (Phi) is 6.37. The zero-order valence-corrected chi connectivity index (χ0v) is 14.6. The molecule has 0 atom stereocenters. The summed E-state index contributed by atoms with van der Waals surface area (Å²) in [5.41, 5.74) is 0.674. The second kappa shape index (κ2) is 8.70. The summed E-state index contributed by atoms with van der Waals surface area (Å²) in [7, 11) is 4.34. The van der Waals surface area contributed by atoms with E-state index in [1.54, 1.807) is 0 Å². The maximum atomic E-state index is 12.8. The first kappa shape index (κ1) is 19.0. The van der Waals surface area contributed by atoms with Crippen LogP contribution in [0.4, 0.5) is 10.1 Å². The number of carbonyl (C=O) groups is 2. The van der Waals surface area contributed by atoms with Gasteiger partial charge in [-0.25, -0.2) is 4.39 Å². The summed E-state index contributed by atoms with van der Waals surface area (Å²) in [4.78, 5) is 24.2. The quantitative estimate of drug-likeness (QED) is 0.789. The summed E-state index contributed by atoms with van der Waals surface area (Å²) < 4.78 is 28.4. The Balaban J connectivity index is 2.03. The molecule has 0 saturated heterocycles. The molecule has 8 heteroatoms. The van der Waals surface area contributed by atoms with Crippen molar-refractivity contribution in [3.63, 3.8) is 0 Å². The van der Waals surface area contributed by atoms with Crippen LogP contribution in [0.3, 0.4) is 0 Å². The Morgan fingerprint density at radius 3 is 2.04 bits per heavy atom. The van der Waals surface area contributed by atoms with Gasteiger partial charge in [-0.1, -0.05) is 0 Å². The van der Waals surface area contributed by atoms with E-state index in [0.29, 0.717) is 22.9 Å². The van der Waals surface area contributed by atoms with Crippen molar-refractivity contribution in [2.24, 2.45) is 0 Å². The van der Waals surface area contributed by atoms with Gasteiger partial charge in [0.2, 0.25) is 11.7 Å². The van der Waals surface area contributed by atoms with Gasteiger partial charge in [-0.15, -0.1) is 0 Å². The van der Waals surface area contributed by atoms with Gasteiger partial charge in [0.25, 0.3) is 5.91 Å². The number of hydrogen-bond donors (Lipinski definition) is 2. The molecule has 2 aromatic rings. The van der Waals surface area contributed by atoms with E-state index in [1.165, 1.54) is 57.7 Å². The summed E-state index contributed by atoms with van der Waals surface area (Å²) in [5.74, 6) is -0.323. The van der Waals surface area contributed by atoms with Crippen LogP contribution in [-0.4, -0.2) is 39.7 Å². The Labute approximate surface area is 150 Å². The smallest absolute Gasteiger partial charge is 0.251 e. The van der Waals surface area contributed by atoms with Gasteiger partial charge in [-0.3, -0.25) is 9.59 Å². The maximum Gasteiger partial charge on any atom is 0.251 e. The van der Waals surface area contributed by atoms with E-state index < -0.39 is 17.6 Å². The summed E-state index contributed by atoms with van der Waals surface area (Å²) in [6.07, 6.45) is 0. The topological polar surface area (TPSA) is 85.9 Å². The number of benzene rings is 2. The van der Waals surface area contributed by atoms with Crippen molar-refractivity contribution >= 4 is 17.5 Å². The summed E-state index contributed by atoms with van der Waals surface area (Å²) in [6, 6.07) is 8.26. The third kappa shape index (κ3) is 4.62. The minimum absolute atomic E-state index is 0.245. The Morgan fingerprint density at radius 1 is 0.962 bits per heavy atom. The lowest BCUT2D eigenvalue weighted by molar-refractivity contribution is -0.115. The number of hydrogen-bond acceptors (Lipinski definition) is 5. The van der Waals surface area contributed by atoms with E-state index >= 15 is 0 Å². The molecule has 138 valence electrons. The standard InChI is InChI=1S/C18H19FN2O5/c1-24-14-8-11(9-15(25-2)17(14)26-3)18(23)20-10-16(22)21-13-6-4-12(19)5-7-13/h4-9H,10H2,1-3H3,(H,20,23)(H,21,22). The first-order valence-corrected chi connectivity index (χ1v) is 7.62. The number of halogens is 1. The lowest BCUT2D eigenvalue weighted by Gasteiger charge is -2.14. The van der Waals surface area contributed by atoms with Crippen molar-refractivity contribution in [3.8, 4) is 17.2 Å².